The number of benzene rings is 3. The molecule has 1 nitrogen and oxygen atoms in total. The van der Waals surface area contributed by atoms with Crippen LogP contribution in [0.3, 0.4) is 0 Å². The molecular formula is C23H21N. The molecule has 1 heterocycles. The molecule has 0 saturated heterocycles. The lowest BCUT2D eigenvalue weighted by atomic mass is 9.94. The number of hydrogen-bond donors (Lipinski definition) is 0. The minimum Gasteiger partial charge on any atom is -0.343 e. The fourth-order valence-electron chi connectivity index (χ4n) is 3.40. The van der Waals surface area contributed by atoms with Crippen LogP contribution in [0.1, 0.15) is 16.7 Å². The maximum Gasteiger partial charge on any atom is 0.0475 e. The SMILES string of the molecule is C1=C(Cc2ccccc2)Cc2ccccc2N1Cc1ccccc1. The summed E-state index contributed by atoms with van der Waals surface area (Å²) in [4.78, 5) is 2.40. The van der Waals surface area contributed by atoms with Crippen molar-refractivity contribution in [2.75, 3.05) is 4.90 Å². The Kier molecular flexibility index (Phi) is 4.16. The highest BCUT2D eigenvalue weighted by atomic mass is 15.1. The molecule has 4 rings (SSSR count). The third-order valence-electron chi connectivity index (χ3n) is 4.53. The second-order valence-corrected chi connectivity index (χ2v) is 6.37. The Morgan fingerprint density at radius 2 is 1.29 bits per heavy atom. The summed E-state index contributed by atoms with van der Waals surface area (Å²) in [5.41, 5.74) is 6.93. The van der Waals surface area contributed by atoms with E-state index in [0.717, 1.165) is 19.4 Å². The monoisotopic (exact) mass is 311 g/mol. The van der Waals surface area contributed by atoms with Crippen LogP contribution >= 0.6 is 0 Å². The van der Waals surface area contributed by atoms with Crippen LogP contribution < -0.4 is 4.90 Å². The van der Waals surface area contributed by atoms with E-state index < -0.39 is 0 Å². The van der Waals surface area contributed by atoms with E-state index in [0.29, 0.717) is 0 Å². The topological polar surface area (TPSA) is 3.24 Å². The van der Waals surface area contributed by atoms with E-state index in [-0.39, 0.29) is 0 Å². The van der Waals surface area contributed by atoms with Crippen molar-refractivity contribution < 1.29 is 0 Å². The molecule has 24 heavy (non-hydrogen) atoms. The molecule has 0 unspecified atom stereocenters. The summed E-state index contributed by atoms with van der Waals surface area (Å²) in [5, 5.41) is 0. The molecule has 118 valence electrons. The van der Waals surface area contributed by atoms with Crippen LogP contribution in [0.5, 0.6) is 0 Å². The quantitative estimate of drug-likeness (QED) is 0.625. The lowest BCUT2D eigenvalue weighted by Crippen LogP contribution is -2.22. The molecule has 0 aromatic heterocycles. The summed E-state index contributed by atoms with van der Waals surface area (Å²) in [5.74, 6) is 0. The molecule has 0 atom stereocenters. The summed E-state index contributed by atoms with van der Waals surface area (Å²) in [6.45, 7) is 0.913. The van der Waals surface area contributed by atoms with Gasteiger partial charge in [0, 0.05) is 18.4 Å². The van der Waals surface area contributed by atoms with E-state index in [1.54, 1.807) is 0 Å². The van der Waals surface area contributed by atoms with E-state index in [1.165, 1.54) is 28.0 Å². The van der Waals surface area contributed by atoms with Gasteiger partial charge in [0.05, 0.1) is 0 Å². The van der Waals surface area contributed by atoms with Crippen molar-refractivity contribution >= 4 is 5.69 Å². The Hall–Kier alpha value is -2.80. The van der Waals surface area contributed by atoms with Gasteiger partial charge < -0.3 is 4.90 Å². The first-order valence-electron chi connectivity index (χ1n) is 8.50. The Balaban J connectivity index is 1.64. The van der Waals surface area contributed by atoms with Crippen molar-refractivity contribution in [1.82, 2.24) is 0 Å². The third-order valence-corrected chi connectivity index (χ3v) is 4.53. The molecule has 1 aliphatic rings. The van der Waals surface area contributed by atoms with Crippen LogP contribution in [0.4, 0.5) is 5.69 Å². The largest absolute Gasteiger partial charge is 0.343 e. The summed E-state index contributed by atoms with van der Waals surface area (Å²) >= 11 is 0. The number of nitrogens with zero attached hydrogens (tertiary/aromatic N) is 1. The number of para-hydroxylation sites is 1. The highest BCUT2D eigenvalue weighted by Crippen LogP contribution is 2.31. The average molecular weight is 311 g/mol. The van der Waals surface area contributed by atoms with Gasteiger partial charge in [-0.25, -0.2) is 0 Å². The van der Waals surface area contributed by atoms with Gasteiger partial charge in [-0.1, -0.05) is 78.9 Å². The third kappa shape index (κ3) is 3.26. The molecule has 0 bridgehead atoms. The lowest BCUT2D eigenvalue weighted by Gasteiger charge is -2.30. The predicted octanol–water partition coefficient (Wildman–Crippen LogP) is 5.38. The molecule has 3 aromatic carbocycles. The molecule has 1 aliphatic heterocycles. The van der Waals surface area contributed by atoms with E-state index in [1.807, 2.05) is 0 Å². The van der Waals surface area contributed by atoms with Gasteiger partial charge in [-0.05, 0) is 41.2 Å². The summed E-state index contributed by atoms with van der Waals surface area (Å²) in [6, 6.07) is 30.2. The molecule has 0 fully saturated rings. The zero-order valence-corrected chi connectivity index (χ0v) is 13.7. The number of fused-ring (bicyclic) bond motifs is 1. The zero-order valence-electron chi connectivity index (χ0n) is 13.7. The highest BCUT2D eigenvalue weighted by molar-refractivity contribution is 5.60. The van der Waals surface area contributed by atoms with Crippen LogP contribution in [-0.4, -0.2) is 0 Å². The van der Waals surface area contributed by atoms with Gasteiger partial charge in [0.1, 0.15) is 0 Å². The summed E-state index contributed by atoms with van der Waals surface area (Å²) in [7, 11) is 0. The first-order chi connectivity index (χ1) is 11.9. The predicted molar refractivity (Wildman–Crippen MR) is 101 cm³/mol. The fourth-order valence-corrected chi connectivity index (χ4v) is 3.40. The van der Waals surface area contributed by atoms with Gasteiger partial charge in [-0.3, -0.25) is 0 Å². The number of allylic oxidation sites excluding steroid dienone is 1. The van der Waals surface area contributed by atoms with Gasteiger partial charge in [0.2, 0.25) is 0 Å². The maximum absolute atomic E-state index is 2.40. The smallest absolute Gasteiger partial charge is 0.0475 e. The standard InChI is InChI=1S/C23H21N/c1-3-9-19(10-4-1)15-21-16-22-13-7-8-14-23(22)24(18-21)17-20-11-5-2-6-12-20/h1-14,18H,15-17H2. The second-order valence-electron chi connectivity index (χ2n) is 6.37. The molecule has 0 radical (unpaired) electrons. The van der Waals surface area contributed by atoms with Gasteiger partial charge in [-0.2, -0.15) is 0 Å². The van der Waals surface area contributed by atoms with Crippen molar-refractivity contribution in [3.63, 3.8) is 0 Å². The van der Waals surface area contributed by atoms with Crippen molar-refractivity contribution in [1.29, 1.82) is 0 Å². The van der Waals surface area contributed by atoms with Crippen molar-refractivity contribution in [2.24, 2.45) is 0 Å². The highest BCUT2D eigenvalue weighted by Gasteiger charge is 2.17. The van der Waals surface area contributed by atoms with Crippen molar-refractivity contribution in [3.05, 3.63) is 113 Å². The maximum atomic E-state index is 2.40. The minimum absolute atomic E-state index is 0.913. The minimum atomic E-state index is 0.913. The number of hydrogen-bond acceptors (Lipinski definition) is 1. The first kappa shape index (κ1) is 14.8. The Morgan fingerprint density at radius 3 is 2.04 bits per heavy atom. The van der Waals surface area contributed by atoms with Gasteiger partial charge in [0.25, 0.3) is 0 Å². The van der Waals surface area contributed by atoms with Gasteiger partial charge >= 0.3 is 0 Å². The Labute approximate surface area is 143 Å². The first-order valence-corrected chi connectivity index (χ1v) is 8.50. The fraction of sp³-hybridized carbons (Fsp3) is 0.130. The van der Waals surface area contributed by atoms with E-state index in [2.05, 4.69) is 96.0 Å². The molecular weight excluding hydrogens is 290 g/mol. The number of anilines is 1. The Morgan fingerprint density at radius 1 is 0.667 bits per heavy atom. The lowest BCUT2D eigenvalue weighted by molar-refractivity contribution is 0.886. The second kappa shape index (κ2) is 6.76. The molecule has 0 amide bonds. The zero-order chi connectivity index (χ0) is 16.2. The average Bonchev–Trinajstić information content (AvgIpc) is 2.63. The van der Waals surface area contributed by atoms with Crippen LogP contribution in [0.2, 0.25) is 0 Å². The molecule has 0 saturated carbocycles. The summed E-state index contributed by atoms with van der Waals surface area (Å²) in [6.07, 6.45) is 4.40. The Bertz CT molecular complexity index is 834. The molecule has 3 aromatic rings. The van der Waals surface area contributed by atoms with Crippen LogP contribution in [0, 0.1) is 0 Å². The summed E-state index contributed by atoms with van der Waals surface area (Å²) < 4.78 is 0. The van der Waals surface area contributed by atoms with E-state index >= 15 is 0 Å². The molecule has 0 spiro atoms. The molecule has 0 N–H and O–H groups in total. The van der Waals surface area contributed by atoms with Gasteiger partial charge in [0.15, 0.2) is 0 Å². The van der Waals surface area contributed by atoms with Crippen LogP contribution in [-0.2, 0) is 19.4 Å². The van der Waals surface area contributed by atoms with E-state index in [9.17, 15) is 0 Å². The van der Waals surface area contributed by atoms with Crippen molar-refractivity contribution in [2.45, 2.75) is 19.4 Å². The van der Waals surface area contributed by atoms with Crippen molar-refractivity contribution in [3.8, 4) is 0 Å². The number of rotatable bonds is 4. The molecule has 1 heteroatoms. The van der Waals surface area contributed by atoms with Crippen LogP contribution in [0.15, 0.2) is 96.7 Å². The van der Waals surface area contributed by atoms with Gasteiger partial charge in [-0.15, -0.1) is 0 Å². The molecule has 0 aliphatic carbocycles. The normalized spacial score (nSPS) is 13.3. The van der Waals surface area contributed by atoms with E-state index in [4.69, 9.17) is 0 Å². The van der Waals surface area contributed by atoms with Crippen LogP contribution in [0.25, 0.3) is 0 Å².